The lowest BCUT2D eigenvalue weighted by Crippen LogP contribution is -2.00. The minimum atomic E-state index is 0.593. The standard InChI is InChI=1S/C49H31N3O/c1-4-13-32(14-5-1)33-23-25-34(26-24-33)35-27-29-38(30-28-35)48-50-47(37-17-8-3-9-18-37)51-49(52-48)43-31-42-39(36-15-6-2-7-16-36)20-12-21-40(42)46-45(43)41-19-10-11-22-44(41)53-46/h1-31H. The highest BCUT2D eigenvalue weighted by Crippen LogP contribution is 2.43. The van der Waals surface area contributed by atoms with E-state index < -0.39 is 0 Å². The molecular weight excluding hydrogens is 647 g/mol. The zero-order chi connectivity index (χ0) is 35.1. The van der Waals surface area contributed by atoms with Gasteiger partial charge >= 0.3 is 0 Å². The number of furan rings is 1. The van der Waals surface area contributed by atoms with E-state index in [1.807, 2.05) is 54.6 Å². The van der Waals surface area contributed by atoms with Crippen LogP contribution in [0.25, 0.3) is 100 Å². The van der Waals surface area contributed by atoms with Gasteiger partial charge in [-0.2, -0.15) is 0 Å². The fourth-order valence-electron chi connectivity index (χ4n) is 7.32. The maximum atomic E-state index is 6.66. The predicted molar refractivity (Wildman–Crippen MR) is 217 cm³/mol. The summed E-state index contributed by atoms with van der Waals surface area (Å²) in [4.78, 5) is 15.5. The van der Waals surface area contributed by atoms with Gasteiger partial charge in [-0.3, -0.25) is 0 Å². The third-order valence-corrected chi connectivity index (χ3v) is 9.97. The molecule has 0 fully saturated rings. The molecule has 0 aliphatic rings. The number of hydrogen-bond donors (Lipinski definition) is 0. The smallest absolute Gasteiger partial charge is 0.164 e. The van der Waals surface area contributed by atoms with E-state index in [-0.39, 0.29) is 0 Å². The first-order chi connectivity index (χ1) is 26.3. The normalized spacial score (nSPS) is 11.4. The van der Waals surface area contributed by atoms with Gasteiger partial charge in [-0.1, -0.05) is 176 Å². The SMILES string of the molecule is c1ccc(-c2ccc(-c3ccc(-c4nc(-c5ccccc5)nc(-c5cc6c(-c7ccccc7)cccc6c6oc7ccccc7c56)n4)cc3)cc2)cc1. The minimum Gasteiger partial charge on any atom is -0.455 e. The van der Waals surface area contributed by atoms with E-state index in [1.165, 1.54) is 11.1 Å². The van der Waals surface area contributed by atoms with Crippen LogP contribution in [0.15, 0.2) is 192 Å². The van der Waals surface area contributed by atoms with Crippen molar-refractivity contribution in [3.8, 4) is 67.5 Å². The first-order valence-electron chi connectivity index (χ1n) is 17.8. The maximum Gasteiger partial charge on any atom is 0.164 e. The molecule has 4 heteroatoms. The van der Waals surface area contributed by atoms with E-state index in [4.69, 9.17) is 19.4 Å². The van der Waals surface area contributed by atoms with Crippen molar-refractivity contribution in [3.63, 3.8) is 0 Å². The topological polar surface area (TPSA) is 51.8 Å². The summed E-state index contributed by atoms with van der Waals surface area (Å²) in [5.74, 6) is 1.82. The first-order valence-corrected chi connectivity index (χ1v) is 17.8. The van der Waals surface area contributed by atoms with Gasteiger partial charge in [0.1, 0.15) is 11.2 Å². The van der Waals surface area contributed by atoms with Crippen LogP contribution in [0.3, 0.4) is 0 Å². The van der Waals surface area contributed by atoms with Gasteiger partial charge in [-0.05, 0) is 50.9 Å². The number of para-hydroxylation sites is 1. The Morgan fingerprint density at radius 2 is 0.755 bits per heavy atom. The molecule has 2 heterocycles. The second kappa shape index (κ2) is 12.9. The van der Waals surface area contributed by atoms with Crippen LogP contribution in [0.5, 0.6) is 0 Å². The molecule has 2 aromatic heterocycles. The molecule has 8 aromatic carbocycles. The Kier molecular flexibility index (Phi) is 7.43. The molecule has 0 amide bonds. The van der Waals surface area contributed by atoms with E-state index in [1.54, 1.807) is 0 Å². The summed E-state index contributed by atoms with van der Waals surface area (Å²) in [6, 6.07) is 65.1. The molecule has 0 aliphatic heterocycles. The summed E-state index contributed by atoms with van der Waals surface area (Å²) in [5.41, 5.74) is 11.3. The zero-order valence-corrected chi connectivity index (χ0v) is 28.6. The molecule has 0 N–H and O–H groups in total. The Morgan fingerprint density at radius 3 is 1.38 bits per heavy atom. The number of fused-ring (bicyclic) bond motifs is 5. The summed E-state index contributed by atoms with van der Waals surface area (Å²) >= 11 is 0. The second-order valence-corrected chi connectivity index (χ2v) is 13.2. The average Bonchev–Trinajstić information content (AvgIpc) is 3.64. The van der Waals surface area contributed by atoms with Gasteiger partial charge in [0.25, 0.3) is 0 Å². The highest BCUT2D eigenvalue weighted by atomic mass is 16.3. The molecule has 0 radical (unpaired) electrons. The highest BCUT2D eigenvalue weighted by Gasteiger charge is 2.21. The van der Waals surface area contributed by atoms with Crippen LogP contribution in [-0.2, 0) is 0 Å². The van der Waals surface area contributed by atoms with E-state index in [9.17, 15) is 0 Å². The van der Waals surface area contributed by atoms with Crippen molar-refractivity contribution in [1.82, 2.24) is 15.0 Å². The quantitative estimate of drug-likeness (QED) is 0.176. The lowest BCUT2D eigenvalue weighted by Gasteiger charge is -2.13. The van der Waals surface area contributed by atoms with Gasteiger partial charge in [-0.25, -0.2) is 15.0 Å². The second-order valence-electron chi connectivity index (χ2n) is 13.2. The number of hydrogen-bond acceptors (Lipinski definition) is 4. The summed E-state index contributed by atoms with van der Waals surface area (Å²) < 4.78 is 6.66. The van der Waals surface area contributed by atoms with Crippen molar-refractivity contribution >= 4 is 32.7 Å². The van der Waals surface area contributed by atoms with Crippen LogP contribution in [0, 0.1) is 0 Å². The van der Waals surface area contributed by atoms with Crippen LogP contribution in [-0.4, -0.2) is 15.0 Å². The first kappa shape index (κ1) is 30.6. The molecule has 0 saturated carbocycles. The lowest BCUT2D eigenvalue weighted by atomic mass is 9.93. The molecule has 248 valence electrons. The van der Waals surface area contributed by atoms with Crippen molar-refractivity contribution in [2.24, 2.45) is 0 Å². The molecular formula is C49H31N3O. The van der Waals surface area contributed by atoms with E-state index >= 15 is 0 Å². The number of nitrogens with zero attached hydrogens (tertiary/aromatic N) is 3. The lowest BCUT2D eigenvalue weighted by molar-refractivity contribution is 0.672. The van der Waals surface area contributed by atoms with E-state index in [0.29, 0.717) is 17.5 Å². The maximum absolute atomic E-state index is 6.66. The Labute approximate surface area is 306 Å². The minimum absolute atomic E-state index is 0.593. The Hall–Kier alpha value is -7.17. The largest absolute Gasteiger partial charge is 0.455 e. The monoisotopic (exact) mass is 677 g/mol. The predicted octanol–water partition coefficient (Wildman–Crippen LogP) is 12.9. The van der Waals surface area contributed by atoms with E-state index in [2.05, 4.69) is 133 Å². The van der Waals surface area contributed by atoms with E-state index in [0.717, 1.165) is 71.7 Å². The van der Waals surface area contributed by atoms with Crippen LogP contribution in [0.2, 0.25) is 0 Å². The van der Waals surface area contributed by atoms with Crippen LogP contribution in [0.1, 0.15) is 0 Å². The van der Waals surface area contributed by atoms with Gasteiger partial charge < -0.3 is 4.42 Å². The van der Waals surface area contributed by atoms with Gasteiger partial charge in [-0.15, -0.1) is 0 Å². The van der Waals surface area contributed by atoms with Crippen molar-refractivity contribution in [3.05, 3.63) is 188 Å². The molecule has 53 heavy (non-hydrogen) atoms. The van der Waals surface area contributed by atoms with Gasteiger partial charge in [0.15, 0.2) is 17.5 Å². The number of aromatic nitrogens is 3. The Bertz CT molecular complexity index is 2900. The average molecular weight is 678 g/mol. The molecule has 10 rings (SSSR count). The zero-order valence-electron chi connectivity index (χ0n) is 28.6. The van der Waals surface area contributed by atoms with Crippen LogP contribution < -0.4 is 0 Å². The molecule has 0 spiro atoms. The fraction of sp³-hybridized carbons (Fsp3) is 0. The van der Waals surface area contributed by atoms with Crippen LogP contribution >= 0.6 is 0 Å². The Morgan fingerprint density at radius 1 is 0.302 bits per heavy atom. The van der Waals surface area contributed by atoms with Crippen molar-refractivity contribution in [2.75, 3.05) is 0 Å². The molecule has 0 atom stereocenters. The van der Waals surface area contributed by atoms with Crippen LogP contribution in [0.4, 0.5) is 0 Å². The van der Waals surface area contributed by atoms with Crippen molar-refractivity contribution < 1.29 is 4.42 Å². The van der Waals surface area contributed by atoms with Crippen molar-refractivity contribution in [1.29, 1.82) is 0 Å². The molecule has 0 aliphatic carbocycles. The van der Waals surface area contributed by atoms with Gasteiger partial charge in [0.2, 0.25) is 0 Å². The molecule has 0 saturated heterocycles. The Balaban J connectivity index is 1.15. The number of rotatable bonds is 6. The molecule has 10 aromatic rings. The summed E-state index contributed by atoms with van der Waals surface area (Å²) in [6.07, 6.45) is 0. The van der Waals surface area contributed by atoms with Gasteiger partial charge in [0.05, 0.1) is 0 Å². The van der Waals surface area contributed by atoms with Crippen molar-refractivity contribution in [2.45, 2.75) is 0 Å². The number of benzene rings is 8. The molecule has 0 bridgehead atoms. The molecule has 4 nitrogen and oxygen atoms in total. The third-order valence-electron chi connectivity index (χ3n) is 9.97. The summed E-state index contributed by atoms with van der Waals surface area (Å²) in [6.45, 7) is 0. The fourth-order valence-corrected chi connectivity index (χ4v) is 7.32. The molecule has 0 unspecified atom stereocenters. The summed E-state index contributed by atoms with van der Waals surface area (Å²) in [7, 11) is 0. The summed E-state index contributed by atoms with van der Waals surface area (Å²) in [5, 5.41) is 4.14. The third kappa shape index (κ3) is 5.54. The highest BCUT2D eigenvalue weighted by molar-refractivity contribution is 6.22. The van der Waals surface area contributed by atoms with Gasteiger partial charge in [0, 0.05) is 32.8 Å².